The Morgan fingerprint density at radius 2 is 2.31 bits per heavy atom. The summed E-state index contributed by atoms with van der Waals surface area (Å²) in [7, 11) is 2.04. The number of anilines is 2. The number of hydrogen-bond donors (Lipinski definition) is 1. The van der Waals surface area contributed by atoms with Gasteiger partial charge in [-0.05, 0) is 17.7 Å². The van der Waals surface area contributed by atoms with Crippen molar-refractivity contribution in [2.75, 3.05) is 36.2 Å². The maximum atomic E-state index is 5.70. The average Bonchev–Trinajstić information content (AvgIpc) is 2.72. The number of nitrogens with two attached hydrogens (primary N) is 1. The van der Waals surface area contributed by atoms with Crippen LogP contribution in [0.15, 0.2) is 11.4 Å². The van der Waals surface area contributed by atoms with Crippen LogP contribution < -0.4 is 10.6 Å². The van der Waals surface area contributed by atoms with E-state index in [1.54, 1.807) is 11.3 Å². The predicted molar refractivity (Wildman–Crippen MR) is 73.5 cm³/mol. The molecule has 0 amide bonds. The second kappa shape index (κ2) is 4.88. The quantitative estimate of drug-likeness (QED) is 0.905. The molecule has 0 saturated carbocycles. The van der Waals surface area contributed by atoms with E-state index in [0.717, 1.165) is 28.3 Å². The van der Waals surface area contributed by atoms with Crippen molar-refractivity contribution in [3.63, 3.8) is 0 Å². The Hall–Kier alpha value is -1.01. The third-order valence-electron chi connectivity index (χ3n) is 2.31. The van der Waals surface area contributed by atoms with Crippen LogP contribution in [-0.4, -0.2) is 35.6 Å². The third-order valence-corrected chi connectivity index (χ3v) is 3.71. The molecule has 2 aromatic rings. The van der Waals surface area contributed by atoms with E-state index in [-0.39, 0.29) is 0 Å². The number of nitrogens with zero attached hydrogens (tertiary/aromatic N) is 3. The summed E-state index contributed by atoms with van der Waals surface area (Å²) in [6.07, 6.45) is 2.10. The van der Waals surface area contributed by atoms with Crippen molar-refractivity contribution in [1.82, 2.24) is 9.97 Å². The Kier molecular flexibility index (Phi) is 3.50. The molecule has 0 saturated heterocycles. The summed E-state index contributed by atoms with van der Waals surface area (Å²) in [5, 5.41) is 3.10. The van der Waals surface area contributed by atoms with Crippen molar-refractivity contribution in [2.45, 2.75) is 0 Å². The predicted octanol–water partition coefficient (Wildman–Crippen LogP) is 2.07. The van der Waals surface area contributed by atoms with E-state index in [4.69, 9.17) is 5.73 Å². The van der Waals surface area contributed by atoms with Gasteiger partial charge in [0.25, 0.3) is 0 Å². The number of thiophene rings is 1. The number of thioether (sulfide) groups is 1. The topological polar surface area (TPSA) is 55.0 Å². The molecular formula is C10H14N4S2. The zero-order chi connectivity index (χ0) is 11.5. The number of aromatic nitrogens is 2. The summed E-state index contributed by atoms with van der Waals surface area (Å²) in [6, 6.07) is 2.05. The molecule has 0 aliphatic heterocycles. The Balaban J connectivity index is 2.38. The van der Waals surface area contributed by atoms with Gasteiger partial charge in [-0.2, -0.15) is 16.7 Å². The van der Waals surface area contributed by atoms with Crippen molar-refractivity contribution in [2.24, 2.45) is 0 Å². The SMILES string of the molecule is CSCCN(C)c1nc(N)nc2sccc12. The van der Waals surface area contributed by atoms with Crippen molar-refractivity contribution in [1.29, 1.82) is 0 Å². The molecule has 0 aliphatic rings. The summed E-state index contributed by atoms with van der Waals surface area (Å²) in [5.74, 6) is 2.35. The van der Waals surface area contributed by atoms with Gasteiger partial charge in [-0.3, -0.25) is 0 Å². The van der Waals surface area contributed by atoms with Gasteiger partial charge < -0.3 is 10.6 Å². The van der Waals surface area contributed by atoms with Crippen LogP contribution in [-0.2, 0) is 0 Å². The first-order chi connectivity index (χ1) is 7.72. The Bertz CT molecular complexity index is 483. The lowest BCUT2D eigenvalue weighted by molar-refractivity contribution is 0.952. The second-order valence-corrected chi connectivity index (χ2v) is 5.34. The van der Waals surface area contributed by atoms with E-state index in [0.29, 0.717) is 5.95 Å². The minimum Gasteiger partial charge on any atom is -0.368 e. The molecule has 4 nitrogen and oxygen atoms in total. The molecule has 0 radical (unpaired) electrons. The monoisotopic (exact) mass is 254 g/mol. The molecule has 2 heterocycles. The number of hydrogen-bond acceptors (Lipinski definition) is 6. The van der Waals surface area contributed by atoms with Gasteiger partial charge in [-0.25, -0.2) is 4.98 Å². The highest BCUT2D eigenvalue weighted by molar-refractivity contribution is 7.98. The molecule has 16 heavy (non-hydrogen) atoms. The van der Waals surface area contributed by atoms with Crippen LogP contribution in [0, 0.1) is 0 Å². The van der Waals surface area contributed by atoms with Gasteiger partial charge in [0.1, 0.15) is 10.6 Å². The Morgan fingerprint density at radius 3 is 3.06 bits per heavy atom. The molecule has 2 rings (SSSR count). The van der Waals surface area contributed by atoms with Crippen LogP contribution >= 0.6 is 23.1 Å². The first-order valence-corrected chi connectivity index (χ1v) is 7.20. The highest BCUT2D eigenvalue weighted by Crippen LogP contribution is 2.27. The molecule has 0 aromatic carbocycles. The summed E-state index contributed by atoms with van der Waals surface area (Å²) >= 11 is 3.42. The molecule has 0 fully saturated rings. The maximum absolute atomic E-state index is 5.70. The molecular weight excluding hydrogens is 240 g/mol. The fourth-order valence-electron chi connectivity index (χ4n) is 1.48. The van der Waals surface area contributed by atoms with E-state index in [2.05, 4.69) is 21.1 Å². The lowest BCUT2D eigenvalue weighted by Crippen LogP contribution is -2.22. The smallest absolute Gasteiger partial charge is 0.223 e. The normalized spacial score (nSPS) is 10.9. The highest BCUT2D eigenvalue weighted by atomic mass is 32.2. The fraction of sp³-hybridized carbons (Fsp3) is 0.400. The second-order valence-electron chi connectivity index (χ2n) is 3.46. The lowest BCUT2D eigenvalue weighted by atomic mass is 10.3. The van der Waals surface area contributed by atoms with E-state index in [1.165, 1.54) is 0 Å². The lowest BCUT2D eigenvalue weighted by Gasteiger charge is -2.18. The van der Waals surface area contributed by atoms with Crippen molar-refractivity contribution < 1.29 is 0 Å². The third kappa shape index (κ3) is 2.22. The van der Waals surface area contributed by atoms with Crippen molar-refractivity contribution in [3.05, 3.63) is 11.4 Å². The van der Waals surface area contributed by atoms with Crippen LogP contribution in [0.5, 0.6) is 0 Å². The number of nitrogen functional groups attached to an aromatic ring is 1. The van der Waals surface area contributed by atoms with Gasteiger partial charge in [-0.1, -0.05) is 0 Å². The van der Waals surface area contributed by atoms with Crippen LogP contribution in [0.4, 0.5) is 11.8 Å². The number of fused-ring (bicyclic) bond motifs is 1. The summed E-state index contributed by atoms with van der Waals surface area (Å²) in [4.78, 5) is 11.6. The minimum absolute atomic E-state index is 0.348. The highest BCUT2D eigenvalue weighted by Gasteiger charge is 2.10. The summed E-state index contributed by atoms with van der Waals surface area (Å²) in [6.45, 7) is 0.961. The Labute approximate surface area is 103 Å². The zero-order valence-corrected chi connectivity index (χ0v) is 10.9. The van der Waals surface area contributed by atoms with Crippen LogP contribution in [0.2, 0.25) is 0 Å². The average molecular weight is 254 g/mol. The van der Waals surface area contributed by atoms with E-state index < -0.39 is 0 Å². The van der Waals surface area contributed by atoms with Gasteiger partial charge in [0, 0.05) is 19.3 Å². The van der Waals surface area contributed by atoms with Crippen LogP contribution in [0.3, 0.4) is 0 Å². The molecule has 2 N–H and O–H groups in total. The molecule has 86 valence electrons. The van der Waals surface area contributed by atoms with Crippen molar-refractivity contribution in [3.8, 4) is 0 Å². The van der Waals surface area contributed by atoms with Gasteiger partial charge >= 0.3 is 0 Å². The first kappa shape index (κ1) is 11.5. The minimum atomic E-state index is 0.348. The molecule has 2 aromatic heterocycles. The van der Waals surface area contributed by atoms with Gasteiger partial charge in [0.2, 0.25) is 5.95 Å². The van der Waals surface area contributed by atoms with Gasteiger partial charge in [0.15, 0.2) is 0 Å². The van der Waals surface area contributed by atoms with Gasteiger partial charge in [0.05, 0.1) is 5.39 Å². The molecule has 0 unspecified atom stereocenters. The zero-order valence-electron chi connectivity index (χ0n) is 9.30. The van der Waals surface area contributed by atoms with E-state index >= 15 is 0 Å². The summed E-state index contributed by atoms with van der Waals surface area (Å²) < 4.78 is 0. The number of rotatable bonds is 4. The largest absolute Gasteiger partial charge is 0.368 e. The standard InChI is InChI=1S/C10H14N4S2/c1-14(4-6-15-2)8-7-3-5-16-9(7)13-10(11)12-8/h3,5H,4,6H2,1-2H3,(H2,11,12,13). The van der Waals surface area contributed by atoms with E-state index in [9.17, 15) is 0 Å². The summed E-state index contributed by atoms with van der Waals surface area (Å²) in [5.41, 5.74) is 5.70. The Morgan fingerprint density at radius 1 is 1.50 bits per heavy atom. The van der Waals surface area contributed by atoms with Crippen LogP contribution in [0.1, 0.15) is 0 Å². The maximum Gasteiger partial charge on any atom is 0.223 e. The molecule has 6 heteroatoms. The first-order valence-electron chi connectivity index (χ1n) is 4.93. The molecule has 0 aliphatic carbocycles. The fourth-order valence-corrected chi connectivity index (χ4v) is 2.70. The molecule has 0 atom stereocenters. The van der Waals surface area contributed by atoms with E-state index in [1.807, 2.05) is 30.3 Å². The van der Waals surface area contributed by atoms with Crippen molar-refractivity contribution >= 4 is 45.1 Å². The van der Waals surface area contributed by atoms with Crippen LogP contribution in [0.25, 0.3) is 10.2 Å². The van der Waals surface area contributed by atoms with Gasteiger partial charge in [-0.15, -0.1) is 11.3 Å². The molecule has 0 bridgehead atoms. The molecule has 0 spiro atoms.